The van der Waals surface area contributed by atoms with Gasteiger partial charge in [0.1, 0.15) is 0 Å². The molecule has 0 aliphatic heterocycles. The highest BCUT2D eigenvalue weighted by molar-refractivity contribution is 6.43. The van der Waals surface area contributed by atoms with Crippen LogP contribution in [0.5, 0.6) is 0 Å². The van der Waals surface area contributed by atoms with Crippen LogP contribution in [0.15, 0.2) is 6.07 Å². The number of carbonyl (C=O) groups excluding carboxylic acids is 2. The lowest BCUT2D eigenvalue weighted by Crippen LogP contribution is -2.34. The smallest absolute Gasteiger partial charge is 0.292 e. The SMILES string of the molecule is COCCNC(=O)C(=O)c1c(C)c(C)cc(C)c1C. The van der Waals surface area contributed by atoms with E-state index in [9.17, 15) is 9.59 Å². The maximum atomic E-state index is 12.2. The van der Waals surface area contributed by atoms with Gasteiger partial charge in [0.15, 0.2) is 0 Å². The topological polar surface area (TPSA) is 55.4 Å². The average Bonchev–Trinajstić information content (AvgIpc) is 2.36. The van der Waals surface area contributed by atoms with E-state index >= 15 is 0 Å². The number of rotatable bonds is 5. The van der Waals surface area contributed by atoms with Crippen LogP contribution in [0.2, 0.25) is 0 Å². The zero-order valence-corrected chi connectivity index (χ0v) is 12.2. The molecule has 0 saturated heterocycles. The molecule has 0 fully saturated rings. The van der Waals surface area contributed by atoms with Crippen molar-refractivity contribution < 1.29 is 14.3 Å². The van der Waals surface area contributed by atoms with Crippen molar-refractivity contribution in [3.05, 3.63) is 33.9 Å². The molecule has 1 aromatic carbocycles. The number of nitrogens with one attached hydrogen (secondary N) is 1. The molecular weight excluding hydrogens is 242 g/mol. The van der Waals surface area contributed by atoms with Crippen molar-refractivity contribution in [2.75, 3.05) is 20.3 Å². The van der Waals surface area contributed by atoms with E-state index in [2.05, 4.69) is 5.32 Å². The van der Waals surface area contributed by atoms with E-state index in [0.29, 0.717) is 18.7 Å². The summed E-state index contributed by atoms with van der Waals surface area (Å²) in [7, 11) is 1.55. The Morgan fingerprint density at radius 2 is 1.63 bits per heavy atom. The first-order valence-electron chi connectivity index (χ1n) is 6.29. The number of carbonyl (C=O) groups is 2. The summed E-state index contributed by atoms with van der Waals surface area (Å²) in [4.78, 5) is 24.1. The van der Waals surface area contributed by atoms with Gasteiger partial charge in [-0.2, -0.15) is 0 Å². The monoisotopic (exact) mass is 263 g/mol. The lowest BCUT2D eigenvalue weighted by Gasteiger charge is -2.14. The zero-order valence-electron chi connectivity index (χ0n) is 12.2. The van der Waals surface area contributed by atoms with E-state index in [-0.39, 0.29) is 0 Å². The Balaban J connectivity index is 3.03. The number of aryl methyl sites for hydroxylation is 2. The van der Waals surface area contributed by atoms with Gasteiger partial charge in [0, 0.05) is 19.2 Å². The molecule has 0 aliphatic rings. The molecule has 0 bridgehead atoms. The minimum absolute atomic E-state index is 0.337. The van der Waals surface area contributed by atoms with Gasteiger partial charge in [-0.15, -0.1) is 0 Å². The lowest BCUT2D eigenvalue weighted by molar-refractivity contribution is -0.117. The highest BCUT2D eigenvalue weighted by Crippen LogP contribution is 2.22. The Labute approximate surface area is 114 Å². The van der Waals surface area contributed by atoms with Crippen LogP contribution >= 0.6 is 0 Å². The van der Waals surface area contributed by atoms with Crippen molar-refractivity contribution in [3.8, 4) is 0 Å². The summed E-state index contributed by atoms with van der Waals surface area (Å²) < 4.78 is 4.84. The summed E-state index contributed by atoms with van der Waals surface area (Å²) >= 11 is 0. The van der Waals surface area contributed by atoms with Gasteiger partial charge in [-0.25, -0.2) is 0 Å². The van der Waals surface area contributed by atoms with Crippen LogP contribution in [0, 0.1) is 27.7 Å². The summed E-state index contributed by atoms with van der Waals surface area (Å²) in [6, 6.07) is 2.03. The maximum Gasteiger partial charge on any atom is 0.292 e. The molecule has 0 spiro atoms. The number of Topliss-reactive ketones (excluding diaryl/α,β-unsaturated/α-hetero) is 1. The number of ketones is 1. The number of ether oxygens (including phenoxy) is 1. The molecule has 0 atom stereocenters. The van der Waals surface area contributed by atoms with Crippen molar-refractivity contribution in [2.24, 2.45) is 0 Å². The molecule has 0 radical (unpaired) electrons. The minimum Gasteiger partial charge on any atom is -0.383 e. The molecule has 0 unspecified atom stereocenters. The number of hydrogen-bond acceptors (Lipinski definition) is 3. The standard InChI is InChI=1S/C15H21NO3/c1-9-8-10(2)12(4)13(11(9)3)14(17)15(18)16-6-7-19-5/h8H,6-7H2,1-5H3,(H,16,18). The third-order valence-electron chi connectivity index (χ3n) is 3.39. The predicted molar refractivity (Wildman–Crippen MR) is 74.6 cm³/mol. The molecule has 0 aromatic heterocycles. The Kier molecular flexibility index (Phi) is 5.24. The van der Waals surface area contributed by atoms with Crippen LogP contribution in [0.1, 0.15) is 32.6 Å². The first kappa shape index (κ1) is 15.4. The normalized spacial score (nSPS) is 10.4. The van der Waals surface area contributed by atoms with E-state index in [1.165, 1.54) is 0 Å². The quantitative estimate of drug-likeness (QED) is 0.501. The first-order valence-corrected chi connectivity index (χ1v) is 6.29. The molecule has 4 nitrogen and oxygen atoms in total. The van der Waals surface area contributed by atoms with E-state index in [1.807, 2.05) is 33.8 Å². The summed E-state index contributed by atoms with van der Waals surface area (Å²) in [5, 5.41) is 2.56. The third-order valence-corrected chi connectivity index (χ3v) is 3.39. The fraction of sp³-hybridized carbons (Fsp3) is 0.467. The summed E-state index contributed by atoms with van der Waals surface area (Å²) in [6.45, 7) is 8.37. The van der Waals surface area contributed by atoms with Crippen molar-refractivity contribution >= 4 is 11.7 Å². The largest absolute Gasteiger partial charge is 0.383 e. The Hall–Kier alpha value is -1.68. The van der Waals surface area contributed by atoms with Gasteiger partial charge in [0.05, 0.1) is 6.61 Å². The third kappa shape index (κ3) is 3.41. The summed E-state index contributed by atoms with van der Waals surface area (Å²) in [5.74, 6) is -1.05. The molecule has 1 N–H and O–H groups in total. The Morgan fingerprint density at radius 3 is 2.11 bits per heavy atom. The predicted octanol–water partition coefficient (Wildman–Crippen LogP) is 1.87. The van der Waals surface area contributed by atoms with Gasteiger partial charge in [-0.1, -0.05) is 6.07 Å². The molecule has 104 valence electrons. The highest BCUT2D eigenvalue weighted by Gasteiger charge is 2.21. The molecule has 1 aromatic rings. The van der Waals surface area contributed by atoms with Crippen LogP contribution < -0.4 is 5.32 Å². The van der Waals surface area contributed by atoms with Crippen LogP contribution in [-0.2, 0) is 9.53 Å². The number of benzene rings is 1. The minimum atomic E-state index is -0.576. The number of amides is 1. The lowest BCUT2D eigenvalue weighted by atomic mass is 9.91. The van der Waals surface area contributed by atoms with E-state index in [4.69, 9.17) is 4.74 Å². The van der Waals surface area contributed by atoms with Crippen molar-refractivity contribution in [1.29, 1.82) is 0 Å². The fourth-order valence-corrected chi connectivity index (χ4v) is 2.02. The van der Waals surface area contributed by atoms with Crippen LogP contribution in [-0.4, -0.2) is 32.0 Å². The van der Waals surface area contributed by atoms with Gasteiger partial charge < -0.3 is 10.1 Å². The molecular formula is C15H21NO3. The van der Waals surface area contributed by atoms with Gasteiger partial charge >= 0.3 is 0 Å². The van der Waals surface area contributed by atoms with E-state index in [0.717, 1.165) is 22.3 Å². The van der Waals surface area contributed by atoms with Gasteiger partial charge in [0.25, 0.3) is 11.7 Å². The molecule has 1 rings (SSSR count). The van der Waals surface area contributed by atoms with Crippen molar-refractivity contribution in [2.45, 2.75) is 27.7 Å². The summed E-state index contributed by atoms with van der Waals surface area (Å²) in [6.07, 6.45) is 0. The Morgan fingerprint density at radius 1 is 1.11 bits per heavy atom. The molecule has 0 saturated carbocycles. The van der Waals surface area contributed by atoms with Crippen molar-refractivity contribution in [1.82, 2.24) is 5.32 Å². The molecule has 0 heterocycles. The number of hydrogen-bond donors (Lipinski definition) is 1. The Bertz CT molecular complexity index is 480. The zero-order chi connectivity index (χ0) is 14.6. The second-order valence-electron chi connectivity index (χ2n) is 4.71. The van der Waals surface area contributed by atoms with E-state index in [1.54, 1.807) is 7.11 Å². The highest BCUT2D eigenvalue weighted by atomic mass is 16.5. The molecule has 19 heavy (non-hydrogen) atoms. The average molecular weight is 263 g/mol. The summed E-state index contributed by atoms with van der Waals surface area (Å²) in [5.41, 5.74) is 4.31. The van der Waals surface area contributed by atoms with Gasteiger partial charge in [-0.05, 0) is 49.9 Å². The molecule has 0 aliphatic carbocycles. The van der Waals surface area contributed by atoms with Crippen LogP contribution in [0.25, 0.3) is 0 Å². The maximum absolute atomic E-state index is 12.2. The van der Waals surface area contributed by atoms with Crippen LogP contribution in [0.3, 0.4) is 0 Å². The number of methoxy groups -OCH3 is 1. The van der Waals surface area contributed by atoms with Gasteiger partial charge in [0.2, 0.25) is 0 Å². The fourth-order valence-electron chi connectivity index (χ4n) is 2.02. The second-order valence-corrected chi connectivity index (χ2v) is 4.71. The van der Waals surface area contributed by atoms with E-state index < -0.39 is 11.7 Å². The first-order chi connectivity index (χ1) is 8.90. The molecule has 1 amide bonds. The molecule has 4 heteroatoms. The van der Waals surface area contributed by atoms with Crippen LogP contribution in [0.4, 0.5) is 0 Å². The van der Waals surface area contributed by atoms with Gasteiger partial charge in [-0.3, -0.25) is 9.59 Å². The van der Waals surface area contributed by atoms with Crippen molar-refractivity contribution in [3.63, 3.8) is 0 Å². The second kappa shape index (κ2) is 6.48.